The van der Waals surface area contributed by atoms with E-state index in [0.29, 0.717) is 28.8 Å². The highest BCUT2D eigenvalue weighted by Crippen LogP contribution is 2.30. The Hall–Kier alpha value is -2.84. The number of hydrogen-bond donors (Lipinski definition) is 1. The van der Waals surface area contributed by atoms with Crippen molar-refractivity contribution < 1.29 is 14.3 Å². The topological polar surface area (TPSA) is 97.3 Å². The molecular weight excluding hydrogens is 436 g/mol. The number of amides is 2. The summed E-state index contributed by atoms with van der Waals surface area (Å²) in [5.41, 5.74) is 7.97. The fourth-order valence-electron chi connectivity index (χ4n) is 2.92. The average Bonchev–Trinajstić information content (AvgIpc) is 3.04. The van der Waals surface area contributed by atoms with Crippen LogP contribution in [-0.2, 0) is 9.59 Å². The van der Waals surface area contributed by atoms with Gasteiger partial charge in [-0.15, -0.1) is 5.10 Å². The molecule has 0 aliphatic carbocycles. The summed E-state index contributed by atoms with van der Waals surface area (Å²) in [7, 11) is 0. The molecule has 0 spiro atoms. The molecule has 0 unspecified atom stereocenters. The molecule has 2 N–H and O–H groups in total. The number of amidine groups is 1. The maximum atomic E-state index is 12.8. The van der Waals surface area contributed by atoms with Crippen molar-refractivity contribution >= 4 is 51.7 Å². The van der Waals surface area contributed by atoms with Crippen LogP contribution in [-0.4, -0.2) is 34.6 Å². The lowest BCUT2D eigenvalue weighted by molar-refractivity contribution is -0.121. The minimum Gasteiger partial charge on any atom is -0.494 e. The molecule has 1 aliphatic heterocycles. The zero-order valence-corrected chi connectivity index (χ0v) is 18.8. The third-order valence-corrected chi connectivity index (χ3v) is 5.72. The first-order chi connectivity index (χ1) is 14.9. The largest absolute Gasteiger partial charge is 0.494 e. The first kappa shape index (κ1) is 22.8. The van der Waals surface area contributed by atoms with E-state index in [1.807, 2.05) is 19.1 Å². The highest BCUT2D eigenvalue weighted by molar-refractivity contribution is 8.14. The van der Waals surface area contributed by atoms with E-state index in [1.54, 1.807) is 43.3 Å². The summed E-state index contributed by atoms with van der Waals surface area (Å²) >= 11 is 6.92. The summed E-state index contributed by atoms with van der Waals surface area (Å²) in [4.78, 5) is 26.4. The molecule has 9 heteroatoms. The third kappa shape index (κ3) is 5.86. The lowest BCUT2D eigenvalue weighted by atomic mass is 10.1. The van der Waals surface area contributed by atoms with Crippen LogP contribution in [0.5, 0.6) is 5.75 Å². The number of anilines is 1. The highest BCUT2D eigenvalue weighted by atomic mass is 35.5. The number of nitrogens with two attached hydrogens (primary N) is 1. The molecule has 1 heterocycles. The second-order valence-corrected chi connectivity index (χ2v) is 8.51. The van der Waals surface area contributed by atoms with Crippen LogP contribution in [0, 0.1) is 0 Å². The summed E-state index contributed by atoms with van der Waals surface area (Å²) in [6, 6.07) is 14.1. The van der Waals surface area contributed by atoms with E-state index >= 15 is 0 Å². The molecule has 0 bridgehead atoms. The van der Waals surface area contributed by atoms with Crippen LogP contribution in [0.1, 0.15) is 32.3 Å². The fourth-order valence-corrected chi connectivity index (χ4v) is 3.86. The van der Waals surface area contributed by atoms with Gasteiger partial charge in [0.05, 0.1) is 18.0 Å². The van der Waals surface area contributed by atoms with E-state index < -0.39 is 5.25 Å². The molecule has 7 nitrogen and oxygen atoms in total. The highest BCUT2D eigenvalue weighted by Gasteiger charge is 2.40. The van der Waals surface area contributed by atoms with Gasteiger partial charge in [0.2, 0.25) is 11.8 Å². The maximum Gasteiger partial charge on any atom is 0.247 e. The number of halogens is 1. The number of ether oxygens (including phenoxy) is 1. The molecule has 2 aromatic rings. The van der Waals surface area contributed by atoms with Gasteiger partial charge in [-0.05, 0) is 55.3 Å². The Kier molecular flexibility index (Phi) is 7.70. The first-order valence-electron chi connectivity index (χ1n) is 9.79. The lowest BCUT2D eigenvalue weighted by Crippen LogP contribution is -2.31. The van der Waals surface area contributed by atoms with Gasteiger partial charge in [0, 0.05) is 11.4 Å². The Balaban J connectivity index is 1.65. The predicted octanol–water partition coefficient (Wildman–Crippen LogP) is 4.23. The van der Waals surface area contributed by atoms with Gasteiger partial charge in [0.1, 0.15) is 11.0 Å². The van der Waals surface area contributed by atoms with E-state index in [1.165, 1.54) is 4.90 Å². The summed E-state index contributed by atoms with van der Waals surface area (Å²) in [6.45, 7) is 4.43. The van der Waals surface area contributed by atoms with E-state index in [0.717, 1.165) is 23.7 Å². The number of imide groups is 1. The van der Waals surface area contributed by atoms with Crippen LogP contribution < -0.4 is 15.4 Å². The number of hydrogen-bond acceptors (Lipinski definition) is 6. The molecule has 0 radical (unpaired) electrons. The standard InChI is InChI=1S/C22H23ClN4O3S/c1-3-12-30-18-10-8-17(9-11-18)27-20(28)13-19(21(27)29)31-22(24)26-25-14(2)15-4-6-16(23)7-5-15/h4-11,19H,3,12-13H2,1-2H3,(H2,24,26)/b25-14-/t19-/m0/s1. The van der Waals surface area contributed by atoms with Crippen molar-refractivity contribution in [3.05, 3.63) is 59.1 Å². The van der Waals surface area contributed by atoms with Gasteiger partial charge in [0.15, 0.2) is 5.17 Å². The summed E-state index contributed by atoms with van der Waals surface area (Å²) in [6.07, 6.45) is 0.948. The van der Waals surface area contributed by atoms with Crippen LogP contribution in [0.25, 0.3) is 0 Å². The van der Waals surface area contributed by atoms with Gasteiger partial charge < -0.3 is 10.5 Å². The summed E-state index contributed by atoms with van der Waals surface area (Å²) < 4.78 is 5.54. The lowest BCUT2D eigenvalue weighted by Gasteiger charge is -2.15. The monoisotopic (exact) mass is 458 g/mol. The number of benzene rings is 2. The Bertz CT molecular complexity index is 1010. The normalized spacial score (nSPS) is 17.4. The number of carbonyl (C=O) groups is 2. The van der Waals surface area contributed by atoms with Crippen LogP contribution in [0.15, 0.2) is 58.7 Å². The molecule has 162 valence electrons. The van der Waals surface area contributed by atoms with Crippen LogP contribution in [0.2, 0.25) is 5.02 Å². The Morgan fingerprint density at radius 1 is 1.16 bits per heavy atom. The van der Waals surface area contributed by atoms with Gasteiger partial charge >= 0.3 is 0 Å². The van der Waals surface area contributed by atoms with E-state index in [-0.39, 0.29) is 23.4 Å². The molecule has 1 atom stereocenters. The van der Waals surface area contributed by atoms with Crippen molar-refractivity contribution in [2.45, 2.75) is 31.9 Å². The Morgan fingerprint density at radius 3 is 2.48 bits per heavy atom. The van der Waals surface area contributed by atoms with E-state index in [9.17, 15) is 9.59 Å². The second kappa shape index (κ2) is 10.5. The Labute approximate surface area is 190 Å². The zero-order valence-electron chi connectivity index (χ0n) is 17.2. The Morgan fingerprint density at radius 2 is 1.84 bits per heavy atom. The second-order valence-electron chi connectivity index (χ2n) is 6.85. The fraction of sp³-hybridized carbons (Fsp3) is 0.273. The smallest absolute Gasteiger partial charge is 0.247 e. The van der Waals surface area contributed by atoms with Crippen LogP contribution in [0.4, 0.5) is 5.69 Å². The number of carbonyl (C=O) groups excluding carboxylic acids is 2. The van der Waals surface area contributed by atoms with E-state index in [2.05, 4.69) is 10.2 Å². The zero-order chi connectivity index (χ0) is 22.4. The van der Waals surface area contributed by atoms with Crippen molar-refractivity contribution in [3.63, 3.8) is 0 Å². The number of thioether (sulfide) groups is 1. The quantitative estimate of drug-likeness (QED) is 0.290. The molecule has 0 saturated carbocycles. The van der Waals surface area contributed by atoms with Crippen molar-refractivity contribution in [1.29, 1.82) is 0 Å². The minimum atomic E-state index is -0.640. The third-order valence-electron chi connectivity index (χ3n) is 4.50. The van der Waals surface area contributed by atoms with Crippen molar-refractivity contribution in [2.24, 2.45) is 15.9 Å². The van der Waals surface area contributed by atoms with Crippen molar-refractivity contribution in [1.82, 2.24) is 0 Å². The first-order valence-corrected chi connectivity index (χ1v) is 11.0. The molecule has 1 fully saturated rings. The molecule has 31 heavy (non-hydrogen) atoms. The van der Waals surface area contributed by atoms with Gasteiger partial charge in [-0.2, -0.15) is 5.10 Å². The summed E-state index contributed by atoms with van der Waals surface area (Å²) in [5, 5.41) is 8.22. The van der Waals surface area contributed by atoms with Gasteiger partial charge in [-0.25, -0.2) is 4.90 Å². The molecule has 2 amide bonds. The van der Waals surface area contributed by atoms with Crippen molar-refractivity contribution in [3.8, 4) is 5.75 Å². The molecule has 2 aromatic carbocycles. The molecule has 1 aliphatic rings. The SMILES string of the molecule is CCCOc1ccc(N2C(=O)C[C@H](SC(N)=N/N=C(/C)c3ccc(Cl)cc3)C2=O)cc1. The molecule has 0 aromatic heterocycles. The van der Waals surface area contributed by atoms with E-state index in [4.69, 9.17) is 22.1 Å². The van der Waals surface area contributed by atoms with Crippen molar-refractivity contribution in [2.75, 3.05) is 11.5 Å². The summed E-state index contributed by atoms with van der Waals surface area (Å²) in [5.74, 6) is 0.0908. The van der Waals surface area contributed by atoms with Crippen LogP contribution >= 0.6 is 23.4 Å². The minimum absolute atomic E-state index is 0.0493. The number of nitrogens with zero attached hydrogens (tertiary/aromatic N) is 3. The maximum absolute atomic E-state index is 12.8. The van der Waals surface area contributed by atoms with Gasteiger partial charge in [-0.3, -0.25) is 9.59 Å². The van der Waals surface area contributed by atoms with Gasteiger partial charge in [0.25, 0.3) is 0 Å². The number of rotatable bonds is 7. The average molecular weight is 459 g/mol. The molecule has 3 rings (SSSR count). The predicted molar refractivity (Wildman–Crippen MR) is 126 cm³/mol. The molecule has 1 saturated heterocycles. The van der Waals surface area contributed by atoms with Gasteiger partial charge in [-0.1, -0.05) is 42.4 Å². The molecular formula is C22H23ClN4O3S. The van der Waals surface area contributed by atoms with Crippen LogP contribution in [0.3, 0.4) is 0 Å².